The van der Waals surface area contributed by atoms with E-state index >= 15 is 0 Å². The van der Waals surface area contributed by atoms with Gasteiger partial charge in [-0.1, -0.05) is 11.6 Å². The number of nitriles is 1. The molecule has 0 spiro atoms. The lowest BCUT2D eigenvalue weighted by molar-refractivity contribution is -0.138. The van der Waals surface area contributed by atoms with Crippen molar-refractivity contribution in [1.82, 2.24) is 5.32 Å². The third-order valence-corrected chi connectivity index (χ3v) is 3.24. The summed E-state index contributed by atoms with van der Waals surface area (Å²) in [5.74, 6) is -0.864. The van der Waals surface area contributed by atoms with Crippen molar-refractivity contribution in [2.75, 3.05) is 18.4 Å². The van der Waals surface area contributed by atoms with E-state index in [1.54, 1.807) is 18.2 Å². The molecule has 2 rings (SSSR count). The van der Waals surface area contributed by atoms with Gasteiger partial charge in [-0.15, -0.1) is 0 Å². The van der Waals surface area contributed by atoms with Gasteiger partial charge in [0.1, 0.15) is 0 Å². The average molecular weight is 266 g/mol. The van der Waals surface area contributed by atoms with E-state index in [0.29, 0.717) is 29.4 Å². The quantitative estimate of drug-likeness (QED) is 0.767. The molecule has 18 heavy (non-hydrogen) atoms. The number of benzene rings is 1. The molecule has 0 atom stereocenters. The van der Waals surface area contributed by atoms with Crippen molar-refractivity contribution in [1.29, 1.82) is 5.26 Å². The van der Waals surface area contributed by atoms with E-state index in [-0.39, 0.29) is 6.42 Å². The van der Waals surface area contributed by atoms with Crippen molar-refractivity contribution in [3.05, 3.63) is 28.8 Å². The van der Waals surface area contributed by atoms with Crippen LogP contribution in [0.1, 0.15) is 12.0 Å². The molecule has 1 fully saturated rings. The van der Waals surface area contributed by atoms with Crippen LogP contribution in [0.5, 0.6) is 0 Å². The highest BCUT2D eigenvalue weighted by molar-refractivity contribution is 6.33. The van der Waals surface area contributed by atoms with Gasteiger partial charge >= 0.3 is 5.97 Å². The Morgan fingerprint density at radius 1 is 1.61 bits per heavy atom. The number of rotatable bonds is 4. The van der Waals surface area contributed by atoms with E-state index < -0.39 is 11.5 Å². The smallest absolute Gasteiger partial charge is 0.305 e. The number of nitrogens with zero attached hydrogens (tertiary/aromatic N) is 1. The summed E-state index contributed by atoms with van der Waals surface area (Å²) < 4.78 is 0. The van der Waals surface area contributed by atoms with Crippen LogP contribution in [0, 0.1) is 11.3 Å². The van der Waals surface area contributed by atoms with Crippen molar-refractivity contribution in [3.8, 4) is 6.07 Å². The fourth-order valence-electron chi connectivity index (χ4n) is 1.95. The first-order chi connectivity index (χ1) is 8.54. The molecule has 1 aromatic rings. The lowest BCUT2D eigenvalue weighted by Crippen LogP contribution is -2.65. The lowest BCUT2D eigenvalue weighted by Gasteiger charge is -2.43. The van der Waals surface area contributed by atoms with Gasteiger partial charge in [0.05, 0.1) is 34.3 Å². The maximum absolute atomic E-state index is 10.9. The molecule has 0 amide bonds. The number of halogens is 1. The number of carboxylic acid groups (broad SMARTS) is 1. The average Bonchev–Trinajstić information content (AvgIpc) is 2.28. The Labute approximate surface area is 109 Å². The van der Waals surface area contributed by atoms with E-state index in [0.717, 1.165) is 0 Å². The Morgan fingerprint density at radius 3 is 2.83 bits per heavy atom. The van der Waals surface area contributed by atoms with Crippen LogP contribution in [0.3, 0.4) is 0 Å². The van der Waals surface area contributed by atoms with Gasteiger partial charge in [0.15, 0.2) is 0 Å². The summed E-state index contributed by atoms with van der Waals surface area (Å²) >= 11 is 6.04. The monoisotopic (exact) mass is 265 g/mol. The van der Waals surface area contributed by atoms with Gasteiger partial charge in [0.2, 0.25) is 0 Å². The van der Waals surface area contributed by atoms with Crippen LogP contribution in [-0.2, 0) is 4.79 Å². The molecule has 5 nitrogen and oxygen atoms in total. The van der Waals surface area contributed by atoms with Crippen LogP contribution < -0.4 is 10.6 Å². The first-order valence-electron chi connectivity index (χ1n) is 5.45. The molecule has 0 bridgehead atoms. The second-order valence-corrected chi connectivity index (χ2v) is 4.79. The molecule has 1 aromatic carbocycles. The fourth-order valence-corrected chi connectivity index (χ4v) is 2.11. The molecule has 0 saturated carbocycles. The highest BCUT2D eigenvalue weighted by Gasteiger charge is 2.39. The van der Waals surface area contributed by atoms with Crippen LogP contribution in [-0.4, -0.2) is 29.7 Å². The number of nitrogens with one attached hydrogen (secondary N) is 2. The minimum absolute atomic E-state index is 0.00705. The third kappa shape index (κ3) is 2.55. The van der Waals surface area contributed by atoms with Crippen molar-refractivity contribution in [2.24, 2.45) is 0 Å². The largest absolute Gasteiger partial charge is 0.481 e. The first kappa shape index (κ1) is 12.7. The van der Waals surface area contributed by atoms with Gasteiger partial charge in [-0.3, -0.25) is 4.79 Å². The highest BCUT2D eigenvalue weighted by atomic mass is 35.5. The van der Waals surface area contributed by atoms with Crippen molar-refractivity contribution >= 4 is 23.3 Å². The van der Waals surface area contributed by atoms with E-state index in [4.69, 9.17) is 22.0 Å². The van der Waals surface area contributed by atoms with E-state index in [2.05, 4.69) is 10.6 Å². The number of aliphatic carboxylic acids is 1. The van der Waals surface area contributed by atoms with Gasteiger partial charge in [0.25, 0.3) is 0 Å². The second-order valence-electron chi connectivity index (χ2n) is 4.39. The van der Waals surface area contributed by atoms with Gasteiger partial charge < -0.3 is 15.7 Å². The van der Waals surface area contributed by atoms with E-state index in [1.165, 1.54) is 0 Å². The normalized spacial score (nSPS) is 16.4. The molecule has 6 heteroatoms. The Kier molecular flexibility index (Phi) is 3.41. The fraction of sp³-hybridized carbons (Fsp3) is 0.333. The van der Waals surface area contributed by atoms with Crippen LogP contribution in [0.4, 0.5) is 5.69 Å². The van der Waals surface area contributed by atoms with E-state index in [9.17, 15) is 4.79 Å². The Hall–Kier alpha value is -1.77. The second kappa shape index (κ2) is 4.84. The predicted molar refractivity (Wildman–Crippen MR) is 67.6 cm³/mol. The van der Waals surface area contributed by atoms with Gasteiger partial charge in [-0.25, -0.2) is 0 Å². The highest BCUT2D eigenvalue weighted by Crippen LogP contribution is 2.29. The number of carboxylic acids is 1. The maximum atomic E-state index is 10.9. The molecule has 1 saturated heterocycles. The summed E-state index contributed by atoms with van der Waals surface area (Å²) in [5, 5.41) is 24.4. The number of hydrogen-bond acceptors (Lipinski definition) is 4. The van der Waals surface area contributed by atoms with Gasteiger partial charge in [0, 0.05) is 13.1 Å². The predicted octanol–water partition coefficient (Wildman–Crippen LogP) is 1.44. The zero-order valence-electron chi connectivity index (χ0n) is 9.53. The first-order valence-corrected chi connectivity index (χ1v) is 5.83. The van der Waals surface area contributed by atoms with Crippen LogP contribution in [0.15, 0.2) is 18.2 Å². The number of carbonyl (C=O) groups is 1. The Morgan fingerprint density at radius 2 is 2.33 bits per heavy atom. The minimum atomic E-state index is -0.864. The Bertz CT molecular complexity index is 521. The zero-order chi connectivity index (χ0) is 13.2. The molecule has 1 heterocycles. The number of anilines is 1. The molecule has 0 aliphatic carbocycles. The molecular weight excluding hydrogens is 254 g/mol. The van der Waals surface area contributed by atoms with Crippen molar-refractivity contribution < 1.29 is 9.90 Å². The summed E-state index contributed by atoms with van der Waals surface area (Å²) in [4.78, 5) is 10.9. The number of hydrogen-bond donors (Lipinski definition) is 3. The SMILES string of the molecule is N#Cc1ccc(Cl)c(NC2(CC(=O)O)CNC2)c1. The molecule has 3 N–H and O–H groups in total. The molecule has 1 aliphatic heterocycles. The molecule has 0 aromatic heterocycles. The molecule has 94 valence electrons. The van der Waals surface area contributed by atoms with Crippen molar-refractivity contribution in [3.63, 3.8) is 0 Å². The van der Waals surface area contributed by atoms with Crippen LogP contribution >= 0.6 is 11.6 Å². The van der Waals surface area contributed by atoms with Crippen LogP contribution in [0.2, 0.25) is 5.02 Å². The summed E-state index contributed by atoms with van der Waals surface area (Å²) in [6.45, 7) is 1.12. The maximum Gasteiger partial charge on any atom is 0.305 e. The topological polar surface area (TPSA) is 85.2 Å². The third-order valence-electron chi connectivity index (χ3n) is 2.91. The summed E-state index contributed by atoms with van der Waals surface area (Å²) in [6.07, 6.45) is 0.00705. The van der Waals surface area contributed by atoms with Gasteiger partial charge in [-0.05, 0) is 18.2 Å². The van der Waals surface area contributed by atoms with Gasteiger partial charge in [-0.2, -0.15) is 5.26 Å². The Balaban J connectivity index is 2.22. The minimum Gasteiger partial charge on any atom is -0.481 e. The molecule has 1 aliphatic rings. The van der Waals surface area contributed by atoms with E-state index in [1.807, 2.05) is 6.07 Å². The van der Waals surface area contributed by atoms with Crippen molar-refractivity contribution in [2.45, 2.75) is 12.0 Å². The summed E-state index contributed by atoms with van der Waals surface area (Å²) in [5.41, 5.74) is 0.557. The molecular formula is C12H12ClN3O2. The zero-order valence-corrected chi connectivity index (χ0v) is 10.3. The lowest BCUT2D eigenvalue weighted by atomic mass is 9.88. The van der Waals surface area contributed by atoms with Crippen LogP contribution in [0.25, 0.3) is 0 Å². The summed E-state index contributed by atoms with van der Waals surface area (Å²) in [7, 11) is 0. The summed E-state index contributed by atoms with van der Waals surface area (Å²) in [6, 6.07) is 6.91. The molecule has 0 radical (unpaired) electrons. The molecule has 0 unspecified atom stereocenters. The standard InChI is InChI=1S/C12H12ClN3O2/c13-9-2-1-8(5-14)3-10(9)16-12(4-11(17)18)6-15-7-12/h1-3,15-16H,4,6-7H2,(H,17,18).